The van der Waals surface area contributed by atoms with Gasteiger partial charge < -0.3 is 20.4 Å². The monoisotopic (exact) mass is 341 g/mol. The van der Waals surface area contributed by atoms with Crippen LogP contribution in [0.5, 0.6) is 0 Å². The molecule has 7 nitrogen and oxygen atoms in total. The van der Waals surface area contributed by atoms with Gasteiger partial charge in [-0.25, -0.2) is 4.79 Å². The molecule has 1 unspecified atom stereocenters. The lowest BCUT2D eigenvalue weighted by atomic mass is 9.85. The van der Waals surface area contributed by atoms with Gasteiger partial charge in [-0.3, -0.25) is 9.69 Å². The maximum atomic E-state index is 12.4. The van der Waals surface area contributed by atoms with Gasteiger partial charge in [-0.1, -0.05) is 6.92 Å². The minimum absolute atomic E-state index is 0.00406. The van der Waals surface area contributed by atoms with Crippen molar-refractivity contribution in [3.8, 4) is 0 Å². The fourth-order valence-corrected chi connectivity index (χ4v) is 3.78. The Morgan fingerprint density at radius 2 is 2.00 bits per heavy atom. The topological polar surface area (TPSA) is 93.1 Å². The van der Waals surface area contributed by atoms with Crippen molar-refractivity contribution in [1.29, 1.82) is 0 Å². The number of carbonyl (C=O) groups excluding carboxylic acids is 1. The second-order valence-corrected chi connectivity index (χ2v) is 7.02. The molecule has 2 amide bonds. The number of hydrogen-bond acceptors (Lipinski definition) is 4. The van der Waals surface area contributed by atoms with Crippen LogP contribution in [0.1, 0.15) is 45.4 Å². The third kappa shape index (κ3) is 5.34. The number of urea groups is 1. The van der Waals surface area contributed by atoms with Crippen LogP contribution >= 0.6 is 0 Å². The predicted octanol–water partition coefficient (Wildman–Crippen LogP) is 1.12. The molecule has 2 aliphatic rings. The molecule has 1 heterocycles. The highest BCUT2D eigenvalue weighted by Gasteiger charge is 2.35. The molecule has 1 aliphatic heterocycles. The number of carbonyl (C=O) groups is 2. The van der Waals surface area contributed by atoms with Gasteiger partial charge in [-0.15, -0.1) is 0 Å². The highest BCUT2D eigenvalue weighted by molar-refractivity contribution is 5.74. The van der Waals surface area contributed by atoms with Crippen LogP contribution in [0.15, 0.2) is 0 Å². The van der Waals surface area contributed by atoms with E-state index in [2.05, 4.69) is 5.32 Å². The molecule has 0 spiro atoms. The lowest BCUT2D eigenvalue weighted by molar-refractivity contribution is -0.139. The third-order valence-electron chi connectivity index (χ3n) is 5.37. The van der Waals surface area contributed by atoms with Crippen LogP contribution in [-0.2, 0) is 4.79 Å². The van der Waals surface area contributed by atoms with Gasteiger partial charge in [-0.05, 0) is 51.0 Å². The van der Waals surface area contributed by atoms with Crippen molar-refractivity contribution in [1.82, 2.24) is 15.1 Å². The maximum Gasteiger partial charge on any atom is 0.317 e. The average Bonchev–Trinajstić information content (AvgIpc) is 2.74. The van der Waals surface area contributed by atoms with Crippen molar-refractivity contribution in [2.75, 3.05) is 32.8 Å². The zero-order chi connectivity index (χ0) is 17.5. The molecule has 7 heteroatoms. The van der Waals surface area contributed by atoms with Crippen molar-refractivity contribution in [2.45, 2.75) is 57.5 Å². The summed E-state index contributed by atoms with van der Waals surface area (Å²) >= 11 is 0. The number of aliphatic hydroxyl groups is 1. The van der Waals surface area contributed by atoms with E-state index in [4.69, 9.17) is 10.2 Å². The summed E-state index contributed by atoms with van der Waals surface area (Å²) in [5, 5.41) is 21.1. The summed E-state index contributed by atoms with van der Waals surface area (Å²) < 4.78 is 0. The van der Waals surface area contributed by atoms with Gasteiger partial charge >= 0.3 is 12.0 Å². The number of carboxylic acid groups (broad SMARTS) is 1. The first-order valence-electron chi connectivity index (χ1n) is 9.15. The van der Waals surface area contributed by atoms with E-state index in [1.54, 1.807) is 0 Å². The summed E-state index contributed by atoms with van der Waals surface area (Å²) in [6.07, 6.45) is 5.52. The molecular formula is C17H31N3O4. The van der Waals surface area contributed by atoms with E-state index in [0.29, 0.717) is 5.92 Å². The van der Waals surface area contributed by atoms with Gasteiger partial charge in [0.1, 0.15) is 0 Å². The quantitative estimate of drug-likeness (QED) is 0.645. The molecule has 0 aromatic rings. The molecule has 3 N–H and O–H groups in total. The molecule has 2 rings (SSSR count). The van der Waals surface area contributed by atoms with E-state index in [-0.39, 0.29) is 31.3 Å². The van der Waals surface area contributed by atoms with Gasteiger partial charge in [0.05, 0.1) is 6.54 Å². The van der Waals surface area contributed by atoms with Crippen molar-refractivity contribution in [3.05, 3.63) is 0 Å². The maximum absolute atomic E-state index is 12.4. The van der Waals surface area contributed by atoms with Gasteiger partial charge in [-0.2, -0.15) is 0 Å². The first-order valence-corrected chi connectivity index (χ1v) is 9.15. The Hall–Kier alpha value is -1.34. The number of amides is 2. The Balaban J connectivity index is 1.71. The number of likely N-dealkylation sites (N-methyl/N-ethyl adjacent to an activating group) is 1. The molecular weight excluding hydrogens is 310 g/mol. The standard InChI is InChI=1S/C17H31N3O4/c1-2-19(12-16(22)23)15-10-14(11-15)18-17(24)20-7-3-4-13(5-8-20)6-9-21/h13-15,21H,2-12H2,1H3,(H,18,24)(H,22,23). The van der Waals surface area contributed by atoms with Crippen LogP contribution in [0.25, 0.3) is 0 Å². The van der Waals surface area contributed by atoms with Crippen LogP contribution < -0.4 is 5.32 Å². The molecule has 1 aliphatic carbocycles. The number of hydrogen-bond donors (Lipinski definition) is 3. The summed E-state index contributed by atoms with van der Waals surface area (Å²) in [6.45, 7) is 4.52. The van der Waals surface area contributed by atoms with E-state index >= 15 is 0 Å². The lowest BCUT2D eigenvalue weighted by Gasteiger charge is -2.42. The van der Waals surface area contributed by atoms with Crippen LogP contribution in [0.2, 0.25) is 0 Å². The van der Waals surface area contributed by atoms with Gasteiger partial charge in [0, 0.05) is 31.8 Å². The SMILES string of the molecule is CCN(CC(=O)O)C1CC(NC(=O)N2CCCC(CCO)CC2)C1. The Kier molecular flexibility index (Phi) is 7.30. The first-order chi connectivity index (χ1) is 11.5. The molecule has 1 saturated carbocycles. The second-order valence-electron chi connectivity index (χ2n) is 7.02. The zero-order valence-corrected chi connectivity index (χ0v) is 14.6. The number of aliphatic hydroxyl groups excluding tert-OH is 1. The molecule has 0 radical (unpaired) electrons. The lowest BCUT2D eigenvalue weighted by Crippen LogP contribution is -2.56. The summed E-state index contributed by atoms with van der Waals surface area (Å²) in [7, 11) is 0. The van der Waals surface area contributed by atoms with Gasteiger partial charge in [0.15, 0.2) is 0 Å². The summed E-state index contributed by atoms with van der Waals surface area (Å²) in [5.41, 5.74) is 0. The van der Waals surface area contributed by atoms with E-state index < -0.39 is 5.97 Å². The van der Waals surface area contributed by atoms with Gasteiger partial charge in [0.25, 0.3) is 0 Å². The minimum atomic E-state index is -0.800. The summed E-state index contributed by atoms with van der Waals surface area (Å²) in [5.74, 6) is -0.277. The zero-order valence-electron chi connectivity index (χ0n) is 14.6. The molecule has 0 bridgehead atoms. The average molecular weight is 341 g/mol. The Labute approximate surface area is 144 Å². The fraction of sp³-hybridized carbons (Fsp3) is 0.882. The van der Waals surface area contributed by atoms with Crippen molar-refractivity contribution in [3.63, 3.8) is 0 Å². The molecule has 1 atom stereocenters. The molecule has 2 fully saturated rings. The first kappa shape index (κ1) is 19.0. The number of carboxylic acids is 1. The Bertz CT molecular complexity index is 426. The second kappa shape index (κ2) is 9.22. The molecule has 1 saturated heterocycles. The van der Waals surface area contributed by atoms with Crippen LogP contribution in [0, 0.1) is 5.92 Å². The number of nitrogens with one attached hydrogen (secondary N) is 1. The largest absolute Gasteiger partial charge is 0.480 e. The summed E-state index contributed by atoms with van der Waals surface area (Å²) in [4.78, 5) is 27.1. The van der Waals surface area contributed by atoms with Crippen molar-refractivity contribution >= 4 is 12.0 Å². The predicted molar refractivity (Wildman–Crippen MR) is 90.8 cm³/mol. The summed E-state index contributed by atoms with van der Waals surface area (Å²) in [6, 6.07) is 0.417. The Morgan fingerprint density at radius 3 is 2.62 bits per heavy atom. The van der Waals surface area contributed by atoms with Gasteiger partial charge in [0.2, 0.25) is 0 Å². The highest BCUT2D eigenvalue weighted by Crippen LogP contribution is 2.26. The van der Waals surface area contributed by atoms with Crippen LogP contribution in [-0.4, -0.2) is 76.9 Å². The molecule has 0 aromatic heterocycles. The highest BCUT2D eigenvalue weighted by atomic mass is 16.4. The van der Waals surface area contributed by atoms with Crippen LogP contribution in [0.3, 0.4) is 0 Å². The Morgan fingerprint density at radius 1 is 1.25 bits per heavy atom. The number of nitrogens with zero attached hydrogens (tertiary/aromatic N) is 2. The van der Waals surface area contributed by atoms with Crippen molar-refractivity contribution in [2.24, 2.45) is 5.92 Å². The van der Waals surface area contributed by atoms with Crippen molar-refractivity contribution < 1.29 is 19.8 Å². The molecule has 24 heavy (non-hydrogen) atoms. The number of aliphatic carboxylic acids is 1. The molecule has 0 aromatic carbocycles. The van der Waals surface area contributed by atoms with E-state index in [1.165, 1.54) is 0 Å². The van der Waals surface area contributed by atoms with E-state index in [1.807, 2.05) is 16.7 Å². The minimum Gasteiger partial charge on any atom is -0.480 e. The normalized spacial score (nSPS) is 27.5. The van der Waals surface area contributed by atoms with E-state index in [0.717, 1.165) is 58.2 Å². The third-order valence-corrected chi connectivity index (χ3v) is 5.37. The van der Waals surface area contributed by atoms with Crippen LogP contribution in [0.4, 0.5) is 4.79 Å². The fourth-order valence-electron chi connectivity index (χ4n) is 3.78. The number of likely N-dealkylation sites (tertiary alicyclic amines) is 1. The van der Waals surface area contributed by atoms with E-state index in [9.17, 15) is 9.59 Å². The number of rotatable bonds is 7. The smallest absolute Gasteiger partial charge is 0.317 e. The molecule has 138 valence electrons.